The average molecular weight is 550 g/mol. The minimum absolute atomic E-state index is 0.0318. The lowest BCUT2D eigenvalue weighted by Gasteiger charge is -2.16. The first-order valence-electron chi connectivity index (χ1n) is 13.3. The Morgan fingerprint density at radius 1 is 1.00 bits per heavy atom. The van der Waals surface area contributed by atoms with Gasteiger partial charge in [0, 0.05) is 23.4 Å². The number of carbonyl (C=O) groups excluding carboxylic acids is 1. The number of esters is 1. The maximum Gasteiger partial charge on any atom is 0.310 e. The molecule has 2 aromatic rings. The Balaban J connectivity index is 2.06. The maximum absolute atomic E-state index is 11.9. The molecule has 0 heterocycles. The summed E-state index contributed by atoms with van der Waals surface area (Å²) in [4.78, 5) is 22.9. The van der Waals surface area contributed by atoms with Crippen LogP contribution < -0.4 is 4.74 Å². The second kappa shape index (κ2) is 17.3. The molecule has 6 nitrogen and oxygen atoms in total. The number of hydrogen-bond acceptors (Lipinski definition) is 6. The van der Waals surface area contributed by atoms with E-state index in [-0.39, 0.29) is 18.1 Å². The van der Waals surface area contributed by atoms with Crippen LogP contribution in [0.4, 0.5) is 5.69 Å². The molecule has 0 N–H and O–H groups in total. The maximum atomic E-state index is 11.9. The Morgan fingerprint density at radius 3 is 2.35 bits per heavy atom. The Bertz CT molecular complexity index is 992. The van der Waals surface area contributed by atoms with E-state index < -0.39 is 4.92 Å². The number of carbonyl (C=O) groups is 1. The van der Waals surface area contributed by atoms with Crippen LogP contribution >= 0.6 is 23.4 Å². The molecule has 0 aliphatic rings. The molecular formula is C29H40ClNO5S. The van der Waals surface area contributed by atoms with Crippen molar-refractivity contribution >= 4 is 35.0 Å². The summed E-state index contributed by atoms with van der Waals surface area (Å²) in [6.45, 7) is 6.57. The fourth-order valence-electron chi connectivity index (χ4n) is 4.20. The monoisotopic (exact) mass is 549 g/mol. The summed E-state index contributed by atoms with van der Waals surface area (Å²) >= 11 is 8.14. The van der Waals surface area contributed by atoms with Crippen molar-refractivity contribution in [3.05, 3.63) is 62.7 Å². The summed E-state index contributed by atoms with van der Waals surface area (Å²) in [5, 5.41) is 11.8. The van der Waals surface area contributed by atoms with E-state index in [0.717, 1.165) is 29.2 Å². The lowest BCUT2D eigenvalue weighted by Crippen LogP contribution is -2.07. The molecule has 0 radical (unpaired) electrons. The number of nitrogens with zero attached hydrogens (tertiary/aromatic N) is 1. The number of benzene rings is 2. The van der Waals surface area contributed by atoms with Crippen LogP contribution in [0.3, 0.4) is 0 Å². The van der Waals surface area contributed by atoms with Gasteiger partial charge in [-0.15, -0.1) is 0 Å². The first-order valence-corrected chi connectivity index (χ1v) is 14.9. The molecule has 0 atom stereocenters. The third-order valence-electron chi connectivity index (χ3n) is 6.21. The molecule has 2 rings (SSSR count). The Kier molecular flexibility index (Phi) is 14.5. The molecule has 0 spiro atoms. The van der Waals surface area contributed by atoms with Gasteiger partial charge in [-0.1, -0.05) is 70.0 Å². The SMILES string of the molecule is CCCCC(CCCC)CCCSCc1cc([N+](=O)[O-])ccc1Oc1cc(CC(=O)OCC)ccc1Cl. The van der Waals surface area contributed by atoms with E-state index in [1.807, 2.05) is 0 Å². The van der Waals surface area contributed by atoms with Crippen molar-refractivity contribution in [2.24, 2.45) is 5.92 Å². The first kappa shape index (κ1) is 31.0. The van der Waals surface area contributed by atoms with Gasteiger partial charge in [0.05, 0.1) is 23.0 Å². The lowest BCUT2D eigenvalue weighted by molar-refractivity contribution is -0.384. The molecule has 0 unspecified atom stereocenters. The van der Waals surface area contributed by atoms with E-state index in [4.69, 9.17) is 21.1 Å². The van der Waals surface area contributed by atoms with Gasteiger partial charge in [-0.05, 0) is 55.2 Å². The van der Waals surface area contributed by atoms with Crippen molar-refractivity contribution in [2.45, 2.75) is 84.3 Å². The van der Waals surface area contributed by atoms with Crippen LogP contribution in [0.1, 0.15) is 83.3 Å². The van der Waals surface area contributed by atoms with Crippen LogP contribution in [0.15, 0.2) is 36.4 Å². The zero-order valence-electron chi connectivity index (χ0n) is 22.3. The van der Waals surface area contributed by atoms with Gasteiger partial charge in [-0.25, -0.2) is 0 Å². The number of hydrogen-bond donors (Lipinski definition) is 0. The third kappa shape index (κ3) is 11.3. The van der Waals surface area contributed by atoms with Crippen LogP contribution in [0.5, 0.6) is 11.5 Å². The zero-order valence-corrected chi connectivity index (χ0v) is 23.9. The van der Waals surface area contributed by atoms with Crippen LogP contribution in [0.25, 0.3) is 0 Å². The van der Waals surface area contributed by atoms with Crippen molar-refractivity contribution in [1.29, 1.82) is 0 Å². The number of thioether (sulfide) groups is 1. The number of rotatable bonds is 18. The highest BCUT2D eigenvalue weighted by Gasteiger charge is 2.15. The fraction of sp³-hybridized carbons (Fsp3) is 0.552. The largest absolute Gasteiger partial charge is 0.466 e. The normalized spacial score (nSPS) is 11.1. The van der Waals surface area contributed by atoms with E-state index >= 15 is 0 Å². The molecule has 0 amide bonds. The zero-order chi connectivity index (χ0) is 27.0. The summed E-state index contributed by atoms with van der Waals surface area (Å²) in [6.07, 6.45) is 10.1. The minimum Gasteiger partial charge on any atom is -0.466 e. The number of halogens is 1. The van der Waals surface area contributed by atoms with Gasteiger partial charge in [0.25, 0.3) is 5.69 Å². The second-order valence-corrected chi connectivity index (χ2v) is 10.8. The molecule has 204 valence electrons. The van der Waals surface area contributed by atoms with Gasteiger partial charge in [-0.2, -0.15) is 11.8 Å². The molecule has 8 heteroatoms. The molecular weight excluding hydrogens is 510 g/mol. The van der Waals surface area contributed by atoms with Crippen LogP contribution in [0.2, 0.25) is 5.02 Å². The van der Waals surface area contributed by atoms with E-state index in [1.54, 1.807) is 49.0 Å². The standard InChI is InChI=1S/C29H40ClNO5S/c1-4-7-10-22(11-8-5-2)12-9-17-37-21-24-20-25(31(33)34)14-16-27(24)36-28-18-23(13-15-26(28)30)19-29(32)35-6-3/h13-16,18,20,22H,4-12,17,19,21H2,1-3H3. The predicted molar refractivity (Wildman–Crippen MR) is 153 cm³/mol. The molecule has 0 aliphatic heterocycles. The Labute approximate surface area is 230 Å². The Morgan fingerprint density at radius 2 is 1.70 bits per heavy atom. The van der Waals surface area contributed by atoms with Gasteiger partial charge in [0.1, 0.15) is 11.5 Å². The van der Waals surface area contributed by atoms with Crippen molar-refractivity contribution in [3.63, 3.8) is 0 Å². The van der Waals surface area contributed by atoms with Gasteiger partial charge in [0.15, 0.2) is 0 Å². The summed E-state index contributed by atoms with van der Waals surface area (Å²) in [5.41, 5.74) is 1.50. The Hall–Kier alpha value is -2.25. The molecule has 0 bridgehead atoms. The summed E-state index contributed by atoms with van der Waals surface area (Å²) < 4.78 is 11.1. The summed E-state index contributed by atoms with van der Waals surface area (Å²) in [7, 11) is 0. The van der Waals surface area contributed by atoms with Gasteiger partial charge < -0.3 is 9.47 Å². The molecule has 0 aliphatic carbocycles. The van der Waals surface area contributed by atoms with Crippen LogP contribution in [0, 0.1) is 16.0 Å². The molecule has 37 heavy (non-hydrogen) atoms. The molecule has 0 saturated carbocycles. The number of nitro groups is 1. The number of non-ortho nitro benzene ring substituents is 1. The van der Waals surface area contributed by atoms with Crippen molar-refractivity contribution in [1.82, 2.24) is 0 Å². The molecule has 0 fully saturated rings. The topological polar surface area (TPSA) is 78.7 Å². The molecule has 0 saturated heterocycles. The second-order valence-electron chi connectivity index (χ2n) is 9.24. The summed E-state index contributed by atoms with van der Waals surface area (Å²) in [6, 6.07) is 9.78. The highest BCUT2D eigenvalue weighted by Crippen LogP contribution is 2.35. The number of unbranched alkanes of at least 4 members (excludes halogenated alkanes) is 2. The third-order valence-corrected chi connectivity index (χ3v) is 7.62. The fourth-order valence-corrected chi connectivity index (χ4v) is 5.32. The minimum atomic E-state index is -0.392. The van der Waals surface area contributed by atoms with Crippen LogP contribution in [-0.4, -0.2) is 23.3 Å². The highest BCUT2D eigenvalue weighted by molar-refractivity contribution is 7.98. The number of nitro benzene ring substituents is 1. The molecule has 2 aromatic carbocycles. The van der Waals surface area contributed by atoms with Gasteiger partial charge in [0.2, 0.25) is 0 Å². The highest BCUT2D eigenvalue weighted by atomic mass is 35.5. The first-order chi connectivity index (χ1) is 17.9. The quantitative estimate of drug-likeness (QED) is 0.0798. The van der Waals surface area contributed by atoms with Crippen molar-refractivity contribution in [2.75, 3.05) is 12.4 Å². The predicted octanol–water partition coefficient (Wildman–Crippen LogP) is 9.16. The molecule has 0 aromatic heterocycles. The summed E-state index contributed by atoms with van der Waals surface area (Å²) in [5.74, 6) is 2.99. The van der Waals surface area contributed by atoms with Gasteiger partial charge in [-0.3, -0.25) is 14.9 Å². The van der Waals surface area contributed by atoms with Gasteiger partial charge >= 0.3 is 5.97 Å². The van der Waals surface area contributed by atoms with E-state index in [9.17, 15) is 14.9 Å². The van der Waals surface area contributed by atoms with E-state index in [0.29, 0.717) is 28.9 Å². The van der Waals surface area contributed by atoms with E-state index in [1.165, 1.54) is 51.0 Å². The van der Waals surface area contributed by atoms with Crippen molar-refractivity contribution < 1.29 is 19.2 Å². The average Bonchev–Trinajstić information content (AvgIpc) is 2.87. The number of ether oxygens (including phenoxy) is 2. The lowest BCUT2D eigenvalue weighted by atomic mass is 9.92. The van der Waals surface area contributed by atoms with Crippen molar-refractivity contribution in [3.8, 4) is 11.5 Å². The van der Waals surface area contributed by atoms with E-state index in [2.05, 4.69) is 13.8 Å². The smallest absolute Gasteiger partial charge is 0.310 e. The van der Waals surface area contributed by atoms with Crippen LogP contribution in [-0.2, 0) is 21.7 Å².